The maximum Gasteiger partial charge on any atom is 0.0534 e. The molecule has 1 rings (SSSR count). The first kappa shape index (κ1) is 10.3. The molecule has 0 aliphatic heterocycles. The lowest BCUT2D eigenvalue weighted by Gasteiger charge is -2.39. The Kier molecular flexibility index (Phi) is 2.69. The molecule has 0 saturated heterocycles. The van der Waals surface area contributed by atoms with Crippen molar-refractivity contribution in [2.75, 3.05) is 6.61 Å². The molecule has 0 heterocycles. The highest BCUT2D eigenvalue weighted by Crippen LogP contribution is 2.53. The van der Waals surface area contributed by atoms with Gasteiger partial charge in [0.1, 0.15) is 0 Å². The third-order valence-electron chi connectivity index (χ3n) is 3.75. The molecule has 0 aromatic rings. The lowest BCUT2D eigenvalue weighted by molar-refractivity contribution is 0.231. The summed E-state index contributed by atoms with van der Waals surface area (Å²) >= 11 is 0. The Bertz CT molecular complexity index is 162. The van der Waals surface area contributed by atoms with Crippen molar-refractivity contribution < 1.29 is 5.11 Å². The van der Waals surface area contributed by atoms with Crippen LogP contribution in [0.5, 0.6) is 0 Å². The fraction of sp³-hybridized carbons (Fsp3) is 1.00. The molecule has 1 fully saturated rings. The second-order valence-electron chi connectivity index (χ2n) is 5.54. The fourth-order valence-corrected chi connectivity index (χ4v) is 4.79. The maximum atomic E-state index is 9.50. The van der Waals surface area contributed by atoms with E-state index in [9.17, 15) is 5.11 Å². The Balaban J connectivity index is 2.78. The Morgan fingerprint density at radius 1 is 1.42 bits per heavy atom. The smallest absolute Gasteiger partial charge is 0.0534 e. The first-order chi connectivity index (χ1) is 5.41. The average Bonchev–Trinajstić information content (AvgIpc) is 2.31. The van der Waals surface area contributed by atoms with E-state index in [1.54, 1.807) is 0 Å². The van der Waals surface area contributed by atoms with Crippen molar-refractivity contribution in [1.82, 2.24) is 0 Å². The van der Waals surface area contributed by atoms with Gasteiger partial charge in [-0.2, -0.15) is 0 Å². The van der Waals surface area contributed by atoms with Crippen LogP contribution in [-0.4, -0.2) is 19.8 Å². The van der Waals surface area contributed by atoms with Gasteiger partial charge >= 0.3 is 0 Å². The van der Waals surface area contributed by atoms with Crippen molar-refractivity contribution >= 4 is 8.07 Å². The predicted molar refractivity (Wildman–Crippen MR) is 56.1 cm³/mol. The number of hydrogen-bond donors (Lipinski definition) is 1. The number of aliphatic hydroxyl groups is 1. The molecule has 0 spiro atoms. The van der Waals surface area contributed by atoms with E-state index >= 15 is 0 Å². The molecule has 1 aliphatic rings. The zero-order valence-corrected chi connectivity index (χ0v) is 9.85. The van der Waals surface area contributed by atoms with Gasteiger partial charge in [0.25, 0.3) is 0 Å². The number of aliphatic hydroxyl groups excluding tert-OH is 1. The second kappa shape index (κ2) is 3.15. The molecule has 0 bridgehead atoms. The summed E-state index contributed by atoms with van der Waals surface area (Å²) < 4.78 is 0. The average molecular weight is 186 g/mol. The van der Waals surface area contributed by atoms with Crippen molar-refractivity contribution in [3.63, 3.8) is 0 Å². The van der Waals surface area contributed by atoms with Crippen molar-refractivity contribution in [2.45, 2.75) is 50.9 Å². The molecule has 0 amide bonds. The first-order valence-corrected chi connectivity index (χ1v) is 8.52. The third kappa shape index (κ3) is 1.60. The normalized spacial score (nSPS) is 37.2. The monoisotopic (exact) mass is 186 g/mol. The molecule has 72 valence electrons. The molecule has 0 aromatic carbocycles. The molecule has 0 unspecified atom stereocenters. The van der Waals surface area contributed by atoms with E-state index in [4.69, 9.17) is 0 Å². The number of rotatable bonds is 2. The predicted octanol–water partition coefficient (Wildman–Crippen LogP) is 2.88. The minimum atomic E-state index is -1.17. The third-order valence-corrected chi connectivity index (χ3v) is 7.54. The standard InChI is InChI=1S/C10H22OSi/c1-9-5-6-10(7-9,8-11)12(2,3)4/h9,11H,5-8H2,1-4H3/t9-,10+/m1/s1. The van der Waals surface area contributed by atoms with E-state index in [0.29, 0.717) is 11.6 Å². The van der Waals surface area contributed by atoms with E-state index in [2.05, 4.69) is 26.6 Å². The Labute approximate surface area is 77.2 Å². The fourth-order valence-electron chi connectivity index (χ4n) is 2.46. The van der Waals surface area contributed by atoms with Gasteiger partial charge in [0.2, 0.25) is 0 Å². The second-order valence-corrected chi connectivity index (χ2v) is 11.1. The lowest BCUT2D eigenvalue weighted by Crippen LogP contribution is -2.40. The highest BCUT2D eigenvalue weighted by molar-refractivity contribution is 6.79. The summed E-state index contributed by atoms with van der Waals surface area (Å²) in [6.07, 6.45) is 3.85. The summed E-state index contributed by atoms with van der Waals surface area (Å²) in [6.45, 7) is 9.91. The van der Waals surface area contributed by atoms with Crippen LogP contribution in [0.1, 0.15) is 26.2 Å². The van der Waals surface area contributed by atoms with Crippen molar-refractivity contribution in [3.05, 3.63) is 0 Å². The van der Waals surface area contributed by atoms with E-state index in [1.165, 1.54) is 19.3 Å². The summed E-state index contributed by atoms with van der Waals surface area (Å²) in [5, 5.41) is 9.84. The zero-order valence-electron chi connectivity index (χ0n) is 8.85. The molecule has 1 saturated carbocycles. The molecule has 0 aromatic heterocycles. The zero-order chi connectivity index (χ0) is 9.41. The Morgan fingerprint density at radius 3 is 2.17 bits per heavy atom. The molecule has 0 radical (unpaired) electrons. The van der Waals surface area contributed by atoms with Gasteiger partial charge in [0.05, 0.1) is 8.07 Å². The van der Waals surface area contributed by atoms with Gasteiger partial charge in [-0.15, -0.1) is 0 Å². The first-order valence-electron chi connectivity index (χ1n) is 5.02. The summed E-state index contributed by atoms with van der Waals surface area (Å²) in [5.74, 6) is 0.837. The summed E-state index contributed by atoms with van der Waals surface area (Å²) in [4.78, 5) is 0. The molecule has 2 atom stereocenters. The topological polar surface area (TPSA) is 20.2 Å². The number of hydrogen-bond acceptors (Lipinski definition) is 1. The van der Waals surface area contributed by atoms with Gasteiger partial charge in [-0.3, -0.25) is 0 Å². The van der Waals surface area contributed by atoms with Gasteiger partial charge in [0.15, 0.2) is 0 Å². The molecular formula is C10H22OSi. The minimum absolute atomic E-state index is 0.340. The van der Waals surface area contributed by atoms with Crippen molar-refractivity contribution in [3.8, 4) is 0 Å². The van der Waals surface area contributed by atoms with Crippen LogP contribution in [0, 0.1) is 5.92 Å². The molecule has 2 heteroatoms. The van der Waals surface area contributed by atoms with Crippen LogP contribution in [0.2, 0.25) is 24.7 Å². The summed E-state index contributed by atoms with van der Waals surface area (Å²) in [6, 6.07) is 0. The SMILES string of the molecule is C[C@@H]1CC[C@](CO)([Si](C)(C)C)C1. The molecule has 1 aliphatic carbocycles. The van der Waals surface area contributed by atoms with Crippen LogP contribution in [0.25, 0.3) is 0 Å². The van der Waals surface area contributed by atoms with Gasteiger partial charge in [0, 0.05) is 6.61 Å². The van der Waals surface area contributed by atoms with E-state index in [0.717, 1.165) is 5.92 Å². The van der Waals surface area contributed by atoms with E-state index < -0.39 is 8.07 Å². The van der Waals surface area contributed by atoms with Gasteiger partial charge in [-0.25, -0.2) is 0 Å². The summed E-state index contributed by atoms with van der Waals surface area (Å²) in [7, 11) is -1.17. The van der Waals surface area contributed by atoms with E-state index in [-0.39, 0.29) is 0 Å². The largest absolute Gasteiger partial charge is 0.396 e. The highest BCUT2D eigenvalue weighted by atomic mass is 28.3. The maximum absolute atomic E-state index is 9.50. The van der Waals surface area contributed by atoms with Gasteiger partial charge < -0.3 is 5.11 Å². The summed E-state index contributed by atoms with van der Waals surface area (Å²) in [5.41, 5.74) is 0. The van der Waals surface area contributed by atoms with Crippen LogP contribution in [0.3, 0.4) is 0 Å². The molecule has 12 heavy (non-hydrogen) atoms. The molecular weight excluding hydrogens is 164 g/mol. The Hall–Kier alpha value is 0.177. The van der Waals surface area contributed by atoms with Crippen molar-refractivity contribution in [1.29, 1.82) is 0 Å². The van der Waals surface area contributed by atoms with Crippen LogP contribution >= 0.6 is 0 Å². The minimum Gasteiger partial charge on any atom is -0.396 e. The van der Waals surface area contributed by atoms with Gasteiger partial charge in [-0.1, -0.05) is 33.0 Å². The highest BCUT2D eigenvalue weighted by Gasteiger charge is 2.46. The lowest BCUT2D eigenvalue weighted by atomic mass is 10.1. The molecule has 1 nitrogen and oxygen atoms in total. The Morgan fingerprint density at radius 2 is 2.00 bits per heavy atom. The van der Waals surface area contributed by atoms with Crippen LogP contribution < -0.4 is 0 Å². The van der Waals surface area contributed by atoms with Crippen molar-refractivity contribution in [2.24, 2.45) is 5.92 Å². The van der Waals surface area contributed by atoms with Crippen LogP contribution in [0.15, 0.2) is 0 Å². The van der Waals surface area contributed by atoms with E-state index in [1.807, 2.05) is 0 Å². The molecule has 1 N–H and O–H groups in total. The van der Waals surface area contributed by atoms with Gasteiger partial charge in [-0.05, 0) is 23.8 Å². The van der Waals surface area contributed by atoms with Crippen LogP contribution in [0.4, 0.5) is 0 Å². The quantitative estimate of drug-likeness (QED) is 0.658. The van der Waals surface area contributed by atoms with Crippen LogP contribution in [-0.2, 0) is 0 Å².